The quantitative estimate of drug-likeness (QED) is 0.757. The molecule has 1 heterocycles. The number of alkyl halides is 1. The molecule has 1 aromatic rings. The second-order valence-corrected chi connectivity index (χ2v) is 4.27. The summed E-state index contributed by atoms with van der Waals surface area (Å²) in [6, 6.07) is 7.43. The zero-order valence-electron chi connectivity index (χ0n) is 8.06. The molecular weight excluding hydrogens is 201 g/mol. The van der Waals surface area contributed by atoms with Crippen LogP contribution in [0.2, 0.25) is 5.02 Å². The van der Waals surface area contributed by atoms with Crippen LogP contribution in [0.15, 0.2) is 24.3 Å². The van der Waals surface area contributed by atoms with Crippen LogP contribution in [0.5, 0.6) is 0 Å². The lowest BCUT2D eigenvalue weighted by molar-refractivity contribution is 0.220. The lowest BCUT2D eigenvalue weighted by Gasteiger charge is -2.28. The van der Waals surface area contributed by atoms with Gasteiger partial charge in [0.1, 0.15) is 6.17 Å². The van der Waals surface area contributed by atoms with Crippen LogP contribution in [0.1, 0.15) is 18.9 Å². The van der Waals surface area contributed by atoms with E-state index in [0.29, 0.717) is 18.0 Å². The molecule has 3 heteroatoms. The fraction of sp³-hybridized carbons (Fsp3) is 0.455. The van der Waals surface area contributed by atoms with Crippen molar-refractivity contribution in [1.29, 1.82) is 0 Å². The summed E-state index contributed by atoms with van der Waals surface area (Å²) in [5.74, 6) is 0. The van der Waals surface area contributed by atoms with Crippen molar-refractivity contribution in [3.63, 3.8) is 0 Å². The van der Waals surface area contributed by atoms with Gasteiger partial charge >= 0.3 is 0 Å². The Morgan fingerprint density at radius 1 is 1.50 bits per heavy atom. The molecule has 0 radical (unpaired) electrons. The van der Waals surface area contributed by atoms with Crippen LogP contribution in [0, 0.1) is 0 Å². The molecule has 0 aromatic heterocycles. The predicted octanol–water partition coefficient (Wildman–Crippen LogP) is 2.89. The third-order valence-electron chi connectivity index (χ3n) is 2.95. The zero-order valence-corrected chi connectivity index (χ0v) is 8.81. The maximum atomic E-state index is 13.7. The molecule has 1 aliphatic rings. The number of halogens is 2. The summed E-state index contributed by atoms with van der Waals surface area (Å²) in [5, 5.41) is 3.81. The van der Waals surface area contributed by atoms with Gasteiger partial charge in [0, 0.05) is 5.02 Å². The number of hydrogen-bond acceptors (Lipinski definition) is 1. The van der Waals surface area contributed by atoms with Crippen LogP contribution in [0.25, 0.3) is 0 Å². The van der Waals surface area contributed by atoms with E-state index in [4.69, 9.17) is 11.6 Å². The van der Waals surface area contributed by atoms with Gasteiger partial charge in [0.05, 0.1) is 5.54 Å². The first kappa shape index (κ1) is 9.94. The van der Waals surface area contributed by atoms with Gasteiger partial charge in [-0.3, -0.25) is 0 Å². The molecule has 1 aromatic carbocycles. The SMILES string of the molecule is CC1(c2ccccc2Cl)NCCC1F. The molecule has 14 heavy (non-hydrogen) atoms. The zero-order chi connectivity index (χ0) is 10.2. The van der Waals surface area contributed by atoms with Crippen molar-refractivity contribution in [2.45, 2.75) is 25.1 Å². The van der Waals surface area contributed by atoms with Gasteiger partial charge in [-0.2, -0.15) is 0 Å². The molecule has 2 atom stereocenters. The highest BCUT2D eigenvalue weighted by Crippen LogP contribution is 2.36. The maximum absolute atomic E-state index is 13.7. The lowest BCUT2D eigenvalue weighted by atomic mass is 9.89. The van der Waals surface area contributed by atoms with Gasteiger partial charge in [-0.25, -0.2) is 4.39 Å². The first-order valence-corrected chi connectivity index (χ1v) is 5.16. The van der Waals surface area contributed by atoms with Gasteiger partial charge in [0.25, 0.3) is 0 Å². The normalized spacial score (nSPS) is 32.1. The third kappa shape index (κ3) is 1.43. The Balaban J connectivity index is 2.43. The van der Waals surface area contributed by atoms with E-state index < -0.39 is 11.7 Å². The molecule has 76 valence electrons. The summed E-state index contributed by atoms with van der Waals surface area (Å²) in [4.78, 5) is 0. The molecule has 2 rings (SSSR count). The minimum Gasteiger partial charge on any atom is -0.305 e. The Morgan fingerprint density at radius 2 is 2.21 bits per heavy atom. The summed E-state index contributed by atoms with van der Waals surface area (Å²) in [7, 11) is 0. The second kappa shape index (κ2) is 3.52. The fourth-order valence-electron chi connectivity index (χ4n) is 2.00. The number of hydrogen-bond donors (Lipinski definition) is 1. The summed E-state index contributed by atoms with van der Waals surface area (Å²) >= 11 is 6.05. The topological polar surface area (TPSA) is 12.0 Å². The van der Waals surface area contributed by atoms with Crippen molar-refractivity contribution >= 4 is 11.6 Å². The largest absolute Gasteiger partial charge is 0.305 e. The Hall–Kier alpha value is -0.600. The molecule has 0 amide bonds. The Kier molecular flexibility index (Phi) is 2.50. The van der Waals surface area contributed by atoms with Gasteiger partial charge in [-0.05, 0) is 31.5 Å². The van der Waals surface area contributed by atoms with E-state index in [2.05, 4.69) is 5.32 Å². The fourth-order valence-corrected chi connectivity index (χ4v) is 2.34. The Bertz CT molecular complexity index is 342. The monoisotopic (exact) mass is 213 g/mol. The van der Waals surface area contributed by atoms with Crippen LogP contribution >= 0.6 is 11.6 Å². The standard InChI is InChI=1S/C11H13ClFN/c1-11(10(13)6-7-14-11)8-4-2-3-5-9(8)12/h2-5,10,14H,6-7H2,1H3. The molecule has 0 spiro atoms. The lowest BCUT2D eigenvalue weighted by Crippen LogP contribution is -2.40. The Morgan fingerprint density at radius 3 is 2.79 bits per heavy atom. The molecule has 0 bridgehead atoms. The van der Waals surface area contributed by atoms with E-state index in [1.54, 1.807) is 6.07 Å². The van der Waals surface area contributed by atoms with Crippen LogP contribution in [-0.2, 0) is 5.54 Å². The number of benzene rings is 1. The molecule has 0 aliphatic carbocycles. The van der Waals surface area contributed by atoms with E-state index in [-0.39, 0.29) is 0 Å². The molecule has 1 N–H and O–H groups in total. The minimum atomic E-state index is -0.859. The van der Waals surface area contributed by atoms with Gasteiger partial charge in [-0.1, -0.05) is 29.8 Å². The first-order chi connectivity index (χ1) is 6.64. The molecular formula is C11H13ClFN. The van der Waals surface area contributed by atoms with E-state index >= 15 is 0 Å². The van der Waals surface area contributed by atoms with Crippen LogP contribution < -0.4 is 5.32 Å². The summed E-state index contributed by atoms with van der Waals surface area (Å²) < 4.78 is 13.7. The highest BCUT2D eigenvalue weighted by Gasteiger charge is 2.41. The highest BCUT2D eigenvalue weighted by atomic mass is 35.5. The van der Waals surface area contributed by atoms with Crippen molar-refractivity contribution in [2.24, 2.45) is 0 Å². The predicted molar refractivity (Wildman–Crippen MR) is 56.3 cm³/mol. The Labute approximate surface area is 88.3 Å². The van der Waals surface area contributed by atoms with Crippen LogP contribution in [0.4, 0.5) is 4.39 Å². The van der Waals surface area contributed by atoms with Gasteiger partial charge in [0.2, 0.25) is 0 Å². The third-order valence-corrected chi connectivity index (χ3v) is 3.28. The van der Waals surface area contributed by atoms with Crippen molar-refractivity contribution < 1.29 is 4.39 Å². The molecule has 1 saturated heterocycles. The average molecular weight is 214 g/mol. The first-order valence-electron chi connectivity index (χ1n) is 4.79. The number of nitrogens with one attached hydrogen (secondary N) is 1. The number of rotatable bonds is 1. The second-order valence-electron chi connectivity index (χ2n) is 3.87. The molecule has 0 saturated carbocycles. The summed E-state index contributed by atoms with van der Waals surface area (Å²) in [6.45, 7) is 2.58. The van der Waals surface area contributed by atoms with Crippen molar-refractivity contribution in [3.8, 4) is 0 Å². The van der Waals surface area contributed by atoms with E-state index in [0.717, 1.165) is 5.56 Å². The van der Waals surface area contributed by atoms with Gasteiger partial charge < -0.3 is 5.32 Å². The molecule has 2 unspecified atom stereocenters. The minimum absolute atomic E-state index is 0.557. The summed E-state index contributed by atoms with van der Waals surface area (Å²) in [6.07, 6.45) is -0.302. The van der Waals surface area contributed by atoms with Crippen molar-refractivity contribution in [2.75, 3.05) is 6.54 Å². The van der Waals surface area contributed by atoms with E-state index in [1.165, 1.54) is 0 Å². The van der Waals surface area contributed by atoms with Crippen LogP contribution in [0.3, 0.4) is 0 Å². The van der Waals surface area contributed by atoms with E-state index in [1.807, 2.05) is 25.1 Å². The molecule has 1 nitrogen and oxygen atoms in total. The molecule has 1 aliphatic heterocycles. The highest BCUT2D eigenvalue weighted by molar-refractivity contribution is 6.31. The van der Waals surface area contributed by atoms with Crippen molar-refractivity contribution in [1.82, 2.24) is 5.32 Å². The average Bonchev–Trinajstić information content (AvgIpc) is 2.49. The summed E-state index contributed by atoms with van der Waals surface area (Å²) in [5.41, 5.74) is 0.241. The van der Waals surface area contributed by atoms with Gasteiger partial charge in [-0.15, -0.1) is 0 Å². The smallest absolute Gasteiger partial charge is 0.123 e. The van der Waals surface area contributed by atoms with Crippen molar-refractivity contribution in [3.05, 3.63) is 34.9 Å². The van der Waals surface area contributed by atoms with Crippen LogP contribution in [-0.4, -0.2) is 12.7 Å². The maximum Gasteiger partial charge on any atom is 0.123 e. The van der Waals surface area contributed by atoms with E-state index in [9.17, 15) is 4.39 Å². The molecule has 1 fully saturated rings. The van der Waals surface area contributed by atoms with Gasteiger partial charge in [0.15, 0.2) is 0 Å².